The van der Waals surface area contributed by atoms with Gasteiger partial charge < -0.3 is 9.72 Å². The first-order valence-corrected chi connectivity index (χ1v) is 8.94. The van der Waals surface area contributed by atoms with Crippen LogP contribution in [0.25, 0.3) is 10.9 Å². The highest BCUT2D eigenvalue weighted by atomic mass is 16.5. The Labute approximate surface area is 166 Å². The van der Waals surface area contributed by atoms with Gasteiger partial charge in [0.15, 0.2) is 6.61 Å². The Bertz CT molecular complexity index is 1120. The quantitative estimate of drug-likeness (QED) is 0.487. The van der Waals surface area contributed by atoms with Crippen molar-refractivity contribution in [3.05, 3.63) is 70.8 Å². The molecule has 0 saturated carbocycles. The number of anilines is 1. The molecule has 8 heteroatoms. The molecule has 0 saturated heterocycles. The number of ether oxygens (including phenoxy) is 1. The first kappa shape index (κ1) is 19.8. The van der Waals surface area contributed by atoms with Crippen LogP contribution in [0.2, 0.25) is 0 Å². The minimum atomic E-state index is -0.598. The molecule has 1 amide bonds. The van der Waals surface area contributed by atoms with Crippen LogP contribution in [0.4, 0.5) is 5.69 Å². The lowest BCUT2D eigenvalue weighted by atomic mass is 10.2. The van der Waals surface area contributed by atoms with Crippen molar-refractivity contribution in [2.24, 2.45) is 0 Å². The van der Waals surface area contributed by atoms with Crippen molar-refractivity contribution >= 4 is 28.5 Å². The number of nitrogens with zero attached hydrogens (tertiary/aromatic N) is 3. The summed E-state index contributed by atoms with van der Waals surface area (Å²) in [5, 5.41) is 9.42. The summed E-state index contributed by atoms with van der Waals surface area (Å²) in [5.74, 6) is -0.727. The number of aromatic amines is 1. The van der Waals surface area contributed by atoms with Crippen LogP contribution in [0.15, 0.2) is 59.4 Å². The zero-order valence-corrected chi connectivity index (χ0v) is 15.5. The number of carbonyl (C=O) groups is 2. The molecule has 0 aliphatic carbocycles. The number of H-pyrrole nitrogens is 1. The first-order chi connectivity index (χ1) is 14.1. The second-order valence-corrected chi connectivity index (χ2v) is 6.16. The molecule has 29 heavy (non-hydrogen) atoms. The van der Waals surface area contributed by atoms with E-state index in [9.17, 15) is 14.4 Å². The van der Waals surface area contributed by atoms with Crippen LogP contribution >= 0.6 is 0 Å². The number of aromatic nitrogens is 2. The van der Waals surface area contributed by atoms with Gasteiger partial charge in [-0.25, -0.2) is 4.98 Å². The van der Waals surface area contributed by atoms with E-state index in [1.807, 2.05) is 6.07 Å². The Hall–Kier alpha value is -3.99. The molecule has 3 rings (SSSR count). The molecule has 1 aromatic heterocycles. The molecule has 0 radical (unpaired) electrons. The van der Waals surface area contributed by atoms with Gasteiger partial charge in [0.25, 0.3) is 11.5 Å². The first-order valence-electron chi connectivity index (χ1n) is 8.94. The van der Waals surface area contributed by atoms with Gasteiger partial charge in [0, 0.05) is 12.1 Å². The maximum Gasteiger partial charge on any atom is 0.306 e. The number of nitrogens with one attached hydrogen (secondary N) is 1. The fourth-order valence-electron chi connectivity index (χ4n) is 2.77. The Morgan fingerprint density at radius 1 is 1.10 bits per heavy atom. The van der Waals surface area contributed by atoms with Crippen molar-refractivity contribution in [2.75, 3.05) is 18.1 Å². The topological polar surface area (TPSA) is 116 Å². The molecule has 2 aromatic carbocycles. The number of fused-ring (bicyclic) bond motifs is 1. The zero-order valence-electron chi connectivity index (χ0n) is 15.5. The molecular weight excluding hydrogens is 372 g/mol. The summed E-state index contributed by atoms with van der Waals surface area (Å²) in [6.07, 6.45) is 0.131. The van der Waals surface area contributed by atoms with E-state index >= 15 is 0 Å². The highest BCUT2D eigenvalue weighted by Gasteiger charge is 2.17. The van der Waals surface area contributed by atoms with Crippen molar-refractivity contribution in [3.8, 4) is 6.07 Å². The number of esters is 1. The number of hydrogen-bond acceptors (Lipinski definition) is 6. The fraction of sp³-hybridized carbons (Fsp3) is 0.190. The number of carbonyl (C=O) groups excluding carboxylic acids is 2. The minimum absolute atomic E-state index is 0.0435. The number of benzene rings is 2. The number of nitriles is 1. The summed E-state index contributed by atoms with van der Waals surface area (Å²) < 4.78 is 5.03. The molecule has 0 fully saturated rings. The number of amides is 1. The minimum Gasteiger partial charge on any atom is -0.456 e. The van der Waals surface area contributed by atoms with E-state index in [-0.39, 0.29) is 24.9 Å². The molecule has 0 unspecified atom stereocenters. The second-order valence-electron chi connectivity index (χ2n) is 6.16. The molecule has 1 heterocycles. The van der Waals surface area contributed by atoms with Gasteiger partial charge in [0.05, 0.1) is 23.4 Å². The predicted octanol–water partition coefficient (Wildman–Crippen LogP) is 1.96. The van der Waals surface area contributed by atoms with Crippen LogP contribution in [0.1, 0.15) is 12.2 Å². The standard InChI is InChI=1S/C21H18N4O4/c22-12-13-25(15-6-2-1-3-7-15)19(26)14-29-20(27)11-10-18-23-17-9-5-4-8-16(17)21(28)24-18/h1-9H,10-11,13-14H2,(H,23,24,28). The summed E-state index contributed by atoms with van der Waals surface area (Å²) in [7, 11) is 0. The second kappa shape index (κ2) is 9.28. The molecule has 0 bridgehead atoms. The summed E-state index contributed by atoms with van der Waals surface area (Å²) >= 11 is 0. The fourth-order valence-corrected chi connectivity index (χ4v) is 2.77. The van der Waals surface area contributed by atoms with Crippen LogP contribution in [0.5, 0.6) is 0 Å². The van der Waals surface area contributed by atoms with Crippen molar-refractivity contribution in [3.63, 3.8) is 0 Å². The monoisotopic (exact) mass is 390 g/mol. The lowest BCUT2D eigenvalue weighted by Gasteiger charge is -2.19. The SMILES string of the molecule is N#CCN(C(=O)COC(=O)CCc1nc2ccccc2c(=O)[nH]1)c1ccccc1. The third-order valence-corrected chi connectivity index (χ3v) is 4.18. The van der Waals surface area contributed by atoms with E-state index in [0.717, 1.165) is 0 Å². The van der Waals surface area contributed by atoms with E-state index in [2.05, 4.69) is 9.97 Å². The number of rotatable bonds is 7. The lowest BCUT2D eigenvalue weighted by Crippen LogP contribution is -2.35. The molecular formula is C21H18N4O4. The molecule has 0 atom stereocenters. The highest BCUT2D eigenvalue weighted by Crippen LogP contribution is 2.13. The smallest absolute Gasteiger partial charge is 0.306 e. The highest BCUT2D eigenvalue weighted by molar-refractivity contribution is 5.95. The summed E-state index contributed by atoms with van der Waals surface area (Å²) in [4.78, 5) is 44.6. The number of hydrogen-bond donors (Lipinski definition) is 1. The van der Waals surface area contributed by atoms with Crippen molar-refractivity contribution in [2.45, 2.75) is 12.8 Å². The van der Waals surface area contributed by atoms with E-state index in [0.29, 0.717) is 22.4 Å². The van der Waals surface area contributed by atoms with Gasteiger partial charge in [-0.15, -0.1) is 0 Å². The molecule has 0 aliphatic rings. The summed E-state index contributed by atoms with van der Waals surface area (Å²) in [5.41, 5.74) is 0.821. The van der Waals surface area contributed by atoms with Crippen molar-refractivity contribution in [1.82, 2.24) is 9.97 Å². The van der Waals surface area contributed by atoms with Gasteiger partial charge in [-0.05, 0) is 24.3 Å². The van der Waals surface area contributed by atoms with Gasteiger partial charge in [0.2, 0.25) is 0 Å². The zero-order chi connectivity index (χ0) is 20.6. The van der Waals surface area contributed by atoms with E-state index in [1.165, 1.54) is 4.90 Å². The van der Waals surface area contributed by atoms with Gasteiger partial charge in [0.1, 0.15) is 12.4 Å². The number of para-hydroxylation sites is 2. The van der Waals surface area contributed by atoms with Gasteiger partial charge in [-0.2, -0.15) is 5.26 Å². The largest absolute Gasteiger partial charge is 0.456 e. The van der Waals surface area contributed by atoms with Crippen molar-refractivity contribution in [1.29, 1.82) is 5.26 Å². The van der Waals surface area contributed by atoms with Crippen molar-refractivity contribution < 1.29 is 14.3 Å². The average Bonchev–Trinajstić information content (AvgIpc) is 2.75. The molecule has 1 N–H and O–H groups in total. The normalized spacial score (nSPS) is 10.3. The maximum atomic E-state index is 12.3. The van der Waals surface area contributed by atoms with Gasteiger partial charge in [-0.3, -0.25) is 19.3 Å². The van der Waals surface area contributed by atoms with Crippen LogP contribution in [0, 0.1) is 11.3 Å². The molecule has 146 valence electrons. The predicted molar refractivity (Wildman–Crippen MR) is 106 cm³/mol. The maximum absolute atomic E-state index is 12.3. The van der Waals surface area contributed by atoms with Crippen LogP contribution < -0.4 is 10.5 Å². The van der Waals surface area contributed by atoms with Crippen LogP contribution in [-0.4, -0.2) is 35.0 Å². The van der Waals surface area contributed by atoms with E-state index < -0.39 is 18.5 Å². The van der Waals surface area contributed by atoms with E-state index in [1.54, 1.807) is 54.6 Å². The average molecular weight is 390 g/mol. The summed E-state index contributed by atoms with van der Waals surface area (Å²) in [6.45, 7) is -0.625. The molecule has 0 spiro atoms. The molecule has 0 aliphatic heterocycles. The third-order valence-electron chi connectivity index (χ3n) is 4.18. The molecule has 3 aromatic rings. The Balaban J connectivity index is 1.56. The Kier molecular flexibility index (Phi) is 6.32. The Morgan fingerprint density at radius 3 is 2.59 bits per heavy atom. The molecule has 8 nitrogen and oxygen atoms in total. The van der Waals surface area contributed by atoms with Gasteiger partial charge in [-0.1, -0.05) is 30.3 Å². The summed E-state index contributed by atoms with van der Waals surface area (Å²) in [6, 6.07) is 17.5. The van der Waals surface area contributed by atoms with Gasteiger partial charge >= 0.3 is 5.97 Å². The van der Waals surface area contributed by atoms with E-state index in [4.69, 9.17) is 10.00 Å². The Morgan fingerprint density at radius 2 is 1.83 bits per heavy atom. The van der Waals surface area contributed by atoms with Crippen LogP contribution in [0.3, 0.4) is 0 Å². The number of aryl methyl sites for hydroxylation is 1. The van der Waals surface area contributed by atoms with Crippen LogP contribution in [-0.2, 0) is 20.7 Å². The lowest BCUT2D eigenvalue weighted by molar-refractivity contribution is -0.147. The third kappa shape index (κ3) is 5.05.